The summed E-state index contributed by atoms with van der Waals surface area (Å²) >= 11 is 0. The van der Waals surface area contributed by atoms with E-state index in [1.807, 2.05) is 0 Å². The number of aliphatic hydroxyl groups excluding tert-OH is 1. The molecule has 0 amide bonds. The molecule has 0 spiro atoms. The molecular weight excluding hydrogens is 138 g/mol. The van der Waals surface area contributed by atoms with Gasteiger partial charge >= 0.3 is 0 Å². The first-order valence-corrected chi connectivity index (χ1v) is 4.56. The third kappa shape index (κ3) is 1.94. The highest BCUT2D eigenvalue weighted by Gasteiger charge is 2.30. The van der Waals surface area contributed by atoms with Crippen molar-refractivity contribution in [3.63, 3.8) is 0 Å². The molecule has 3 atom stereocenters. The van der Waals surface area contributed by atoms with E-state index in [0.717, 1.165) is 12.8 Å². The van der Waals surface area contributed by atoms with E-state index in [4.69, 9.17) is 5.73 Å². The van der Waals surface area contributed by atoms with Crippen LogP contribution in [0.3, 0.4) is 0 Å². The fourth-order valence-electron chi connectivity index (χ4n) is 2.01. The zero-order chi connectivity index (χ0) is 8.43. The average molecular weight is 157 g/mol. The van der Waals surface area contributed by atoms with Crippen molar-refractivity contribution in [2.24, 2.45) is 17.6 Å². The number of hydrogen-bond donors (Lipinski definition) is 2. The van der Waals surface area contributed by atoms with Crippen LogP contribution in [0, 0.1) is 11.8 Å². The van der Waals surface area contributed by atoms with E-state index in [0.29, 0.717) is 11.8 Å². The summed E-state index contributed by atoms with van der Waals surface area (Å²) in [4.78, 5) is 0. The number of hydrogen-bond acceptors (Lipinski definition) is 2. The molecule has 0 unspecified atom stereocenters. The summed E-state index contributed by atoms with van der Waals surface area (Å²) in [5.74, 6) is 1.14. The summed E-state index contributed by atoms with van der Waals surface area (Å²) < 4.78 is 0. The van der Waals surface area contributed by atoms with Crippen LogP contribution < -0.4 is 5.73 Å². The minimum absolute atomic E-state index is 0.0174. The fraction of sp³-hybridized carbons (Fsp3) is 1.00. The van der Waals surface area contributed by atoms with Gasteiger partial charge in [0.1, 0.15) is 0 Å². The van der Waals surface area contributed by atoms with Crippen molar-refractivity contribution in [2.75, 3.05) is 0 Å². The molecule has 0 heterocycles. The molecule has 3 N–H and O–H groups in total. The lowest BCUT2D eigenvalue weighted by Gasteiger charge is -2.35. The Hall–Kier alpha value is -0.0800. The Morgan fingerprint density at radius 2 is 2.00 bits per heavy atom. The Bertz CT molecular complexity index is 125. The van der Waals surface area contributed by atoms with Gasteiger partial charge in [-0.3, -0.25) is 0 Å². The molecule has 1 aliphatic rings. The van der Waals surface area contributed by atoms with Crippen LogP contribution in [-0.2, 0) is 0 Å². The zero-order valence-corrected chi connectivity index (χ0v) is 7.46. The molecule has 0 saturated heterocycles. The van der Waals surface area contributed by atoms with Crippen molar-refractivity contribution < 1.29 is 5.11 Å². The van der Waals surface area contributed by atoms with Gasteiger partial charge in [-0.1, -0.05) is 20.3 Å². The van der Waals surface area contributed by atoms with Crippen molar-refractivity contribution in [2.45, 2.75) is 45.3 Å². The Labute approximate surface area is 68.8 Å². The molecule has 1 saturated carbocycles. The Kier molecular flexibility index (Phi) is 2.90. The van der Waals surface area contributed by atoms with Gasteiger partial charge < -0.3 is 10.8 Å². The van der Waals surface area contributed by atoms with Gasteiger partial charge in [-0.15, -0.1) is 0 Å². The second kappa shape index (κ2) is 3.55. The van der Waals surface area contributed by atoms with E-state index in [9.17, 15) is 5.11 Å². The molecule has 0 radical (unpaired) electrons. The van der Waals surface area contributed by atoms with E-state index in [-0.39, 0.29) is 12.1 Å². The minimum Gasteiger partial charge on any atom is -0.392 e. The van der Waals surface area contributed by atoms with Crippen molar-refractivity contribution in [3.8, 4) is 0 Å². The number of aliphatic hydroxyl groups is 1. The largest absolute Gasteiger partial charge is 0.392 e. The van der Waals surface area contributed by atoms with Crippen LogP contribution >= 0.6 is 0 Å². The lowest BCUT2D eigenvalue weighted by Crippen LogP contribution is -2.46. The van der Waals surface area contributed by atoms with Gasteiger partial charge in [-0.25, -0.2) is 0 Å². The first-order valence-electron chi connectivity index (χ1n) is 4.56. The zero-order valence-electron chi connectivity index (χ0n) is 7.46. The second-order valence-electron chi connectivity index (χ2n) is 3.98. The molecule has 1 rings (SSSR count). The average Bonchev–Trinajstić information content (AvgIpc) is 1.94. The maximum atomic E-state index is 9.47. The maximum absolute atomic E-state index is 9.47. The van der Waals surface area contributed by atoms with Crippen LogP contribution in [0.4, 0.5) is 0 Å². The van der Waals surface area contributed by atoms with Crippen molar-refractivity contribution >= 4 is 0 Å². The highest BCUT2D eigenvalue weighted by Crippen LogP contribution is 2.28. The van der Waals surface area contributed by atoms with E-state index < -0.39 is 0 Å². The van der Waals surface area contributed by atoms with Gasteiger partial charge in [0, 0.05) is 6.04 Å². The van der Waals surface area contributed by atoms with Crippen LogP contribution in [0.15, 0.2) is 0 Å². The second-order valence-corrected chi connectivity index (χ2v) is 3.98. The normalized spacial score (nSPS) is 39.5. The Morgan fingerprint density at radius 3 is 2.45 bits per heavy atom. The van der Waals surface area contributed by atoms with Crippen LogP contribution in [0.25, 0.3) is 0 Å². The van der Waals surface area contributed by atoms with Crippen LogP contribution in [-0.4, -0.2) is 17.3 Å². The Morgan fingerprint density at radius 1 is 1.36 bits per heavy atom. The van der Waals surface area contributed by atoms with Gasteiger partial charge in [0.25, 0.3) is 0 Å². The van der Waals surface area contributed by atoms with Crippen LogP contribution in [0.1, 0.15) is 33.1 Å². The molecule has 0 aromatic rings. The molecule has 66 valence electrons. The van der Waals surface area contributed by atoms with E-state index in [2.05, 4.69) is 13.8 Å². The highest BCUT2D eigenvalue weighted by molar-refractivity contribution is 4.86. The molecule has 2 heteroatoms. The molecule has 1 aliphatic carbocycles. The van der Waals surface area contributed by atoms with Gasteiger partial charge in [0.2, 0.25) is 0 Å². The molecule has 1 fully saturated rings. The lowest BCUT2D eigenvalue weighted by atomic mass is 9.77. The van der Waals surface area contributed by atoms with Gasteiger partial charge in [-0.2, -0.15) is 0 Å². The first-order chi connectivity index (χ1) is 5.13. The summed E-state index contributed by atoms with van der Waals surface area (Å²) in [6.45, 7) is 4.37. The SMILES string of the molecule is CC(C)[C@H]1CCC[C@@H](O)[C@@H]1N. The summed E-state index contributed by atoms with van der Waals surface area (Å²) in [6.07, 6.45) is 2.97. The fourth-order valence-corrected chi connectivity index (χ4v) is 2.01. The smallest absolute Gasteiger partial charge is 0.0693 e. The predicted octanol–water partition coefficient (Wildman–Crippen LogP) is 1.13. The van der Waals surface area contributed by atoms with Gasteiger partial charge in [0.15, 0.2) is 0 Å². The number of nitrogens with two attached hydrogens (primary N) is 1. The molecule has 0 aromatic carbocycles. The molecular formula is C9H19NO. The van der Waals surface area contributed by atoms with Crippen molar-refractivity contribution in [3.05, 3.63) is 0 Å². The van der Waals surface area contributed by atoms with Crippen LogP contribution in [0.2, 0.25) is 0 Å². The van der Waals surface area contributed by atoms with E-state index in [1.54, 1.807) is 0 Å². The Balaban J connectivity index is 2.51. The van der Waals surface area contributed by atoms with Crippen molar-refractivity contribution in [1.29, 1.82) is 0 Å². The first kappa shape index (κ1) is 9.01. The monoisotopic (exact) mass is 157 g/mol. The van der Waals surface area contributed by atoms with Crippen LogP contribution in [0.5, 0.6) is 0 Å². The van der Waals surface area contributed by atoms with Crippen molar-refractivity contribution in [1.82, 2.24) is 0 Å². The van der Waals surface area contributed by atoms with Gasteiger partial charge in [-0.05, 0) is 24.7 Å². The molecule has 2 nitrogen and oxygen atoms in total. The van der Waals surface area contributed by atoms with Gasteiger partial charge in [0.05, 0.1) is 6.10 Å². The van der Waals surface area contributed by atoms with E-state index >= 15 is 0 Å². The maximum Gasteiger partial charge on any atom is 0.0693 e. The number of rotatable bonds is 1. The van der Waals surface area contributed by atoms with E-state index in [1.165, 1.54) is 6.42 Å². The lowest BCUT2D eigenvalue weighted by molar-refractivity contribution is 0.0605. The summed E-state index contributed by atoms with van der Waals surface area (Å²) in [5, 5.41) is 9.47. The third-order valence-corrected chi connectivity index (χ3v) is 2.83. The summed E-state index contributed by atoms with van der Waals surface area (Å²) in [6, 6.07) is 0.0174. The summed E-state index contributed by atoms with van der Waals surface area (Å²) in [5.41, 5.74) is 5.87. The topological polar surface area (TPSA) is 46.2 Å². The minimum atomic E-state index is -0.254. The predicted molar refractivity (Wildman–Crippen MR) is 46.2 cm³/mol. The third-order valence-electron chi connectivity index (χ3n) is 2.83. The molecule has 0 bridgehead atoms. The highest BCUT2D eigenvalue weighted by atomic mass is 16.3. The molecule has 0 aliphatic heterocycles. The standard InChI is InChI=1S/C9H19NO/c1-6(2)7-4-3-5-8(11)9(7)10/h6-9,11H,3-5,10H2,1-2H3/t7-,8-,9-/m1/s1. The molecule has 11 heavy (non-hydrogen) atoms. The summed E-state index contributed by atoms with van der Waals surface area (Å²) in [7, 11) is 0. The molecule has 0 aromatic heterocycles. The quantitative estimate of drug-likeness (QED) is 0.599.